The van der Waals surface area contributed by atoms with Gasteiger partial charge in [-0.25, -0.2) is 4.79 Å². The molecule has 0 radical (unpaired) electrons. The molecule has 7 heteroatoms. The summed E-state index contributed by atoms with van der Waals surface area (Å²) in [6.45, 7) is 0.231. The average Bonchev–Trinajstić information content (AvgIpc) is 2.43. The third-order valence-electron chi connectivity index (χ3n) is 2.46. The quantitative estimate of drug-likeness (QED) is 0.683. The number of aliphatic carboxylic acids is 1. The summed E-state index contributed by atoms with van der Waals surface area (Å²) in [5.41, 5.74) is 0.568. The maximum atomic E-state index is 11.7. The lowest BCUT2D eigenvalue weighted by Gasteiger charge is -2.12. The summed E-state index contributed by atoms with van der Waals surface area (Å²) in [6.07, 6.45) is 0.318. The number of carboxylic acids is 1. The Morgan fingerprint density at radius 2 is 2.20 bits per heavy atom. The van der Waals surface area contributed by atoms with Gasteiger partial charge in [0, 0.05) is 13.0 Å². The van der Waals surface area contributed by atoms with Gasteiger partial charge in [0.2, 0.25) is 0 Å². The van der Waals surface area contributed by atoms with E-state index >= 15 is 0 Å². The summed E-state index contributed by atoms with van der Waals surface area (Å²) in [7, 11) is 1.44. The molecule has 0 aliphatic rings. The van der Waals surface area contributed by atoms with Gasteiger partial charge in [0.15, 0.2) is 0 Å². The second-order valence-electron chi connectivity index (χ2n) is 3.87. The van der Waals surface area contributed by atoms with E-state index in [0.29, 0.717) is 12.2 Å². The van der Waals surface area contributed by atoms with Gasteiger partial charge >= 0.3 is 12.0 Å². The molecule has 1 aromatic rings. The molecule has 1 rings (SSSR count). The molecule has 0 heterocycles. The Morgan fingerprint density at radius 1 is 1.45 bits per heavy atom. The topological polar surface area (TPSA) is 111 Å². The van der Waals surface area contributed by atoms with Gasteiger partial charge in [-0.1, -0.05) is 6.07 Å². The first kappa shape index (κ1) is 15.3. The molecule has 0 aliphatic heterocycles. The van der Waals surface area contributed by atoms with Crippen LogP contribution >= 0.6 is 0 Å². The Labute approximate surface area is 116 Å². The number of carboxylic acid groups (broad SMARTS) is 1. The van der Waals surface area contributed by atoms with Crippen LogP contribution in [0.4, 0.5) is 10.5 Å². The Kier molecular flexibility index (Phi) is 5.84. The van der Waals surface area contributed by atoms with Crippen molar-refractivity contribution in [1.29, 1.82) is 5.26 Å². The number of benzene rings is 1. The largest absolute Gasteiger partial charge is 0.495 e. The minimum absolute atomic E-state index is 0.0155. The molecule has 0 saturated carbocycles. The third kappa shape index (κ3) is 4.49. The van der Waals surface area contributed by atoms with Crippen molar-refractivity contribution in [2.24, 2.45) is 0 Å². The maximum absolute atomic E-state index is 11.7. The number of carbonyl (C=O) groups excluding carboxylic acids is 1. The van der Waals surface area contributed by atoms with Crippen LogP contribution < -0.4 is 15.4 Å². The molecule has 0 unspecified atom stereocenters. The number of ether oxygens (including phenoxy) is 1. The molecule has 0 atom stereocenters. The van der Waals surface area contributed by atoms with Crippen LogP contribution in [0.25, 0.3) is 0 Å². The fourth-order valence-electron chi connectivity index (χ4n) is 1.52. The molecule has 1 aromatic carbocycles. The lowest BCUT2D eigenvalue weighted by atomic mass is 10.2. The van der Waals surface area contributed by atoms with Crippen LogP contribution in [0.15, 0.2) is 18.2 Å². The molecule has 106 valence electrons. The van der Waals surface area contributed by atoms with Crippen LogP contribution in [0, 0.1) is 11.3 Å². The predicted octanol–water partition coefficient (Wildman–Crippen LogP) is 1.55. The van der Waals surface area contributed by atoms with Gasteiger partial charge in [0.05, 0.1) is 12.7 Å². The molecule has 7 nitrogen and oxygen atoms in total. The van der Waals surface area contributed by atoms with E-state index in [2.05, 4.69) is 10.6 Å². The Morgan fingerprint density at radius 3 is 2.80 bits per heavy atom. The van der Waals surface area contributed by atoms with Crippen molar-refractivity contribution >= 4 is 17.7 Å². The van der Waals surface area contributed by atoms with Crippen LogP contribution in [0.3, 0.4) is 0 Å². The first-order chi connectivity index (χ1) is 9.58. The monoisotopic (exact) mass is 277 g/mol. The third-order valence-corrected chi connectivity index (χ3v) is 2.46. The number of hydrogen-bond acceptors (Lipinski definition) is 4. The smallest absolute Gasteiger partial charge is 0.319 e. The average molecular weight is 277 g/mol. The lowest BCUT2D eigenvalue weighted by molar-refractivity contribution is -0.137. The zero-order chi connectivity index (χ0) is 15.0. The summed E-state index contributed by atoms with van der Waals surface area (Å²) < 4.78 is 5.07. The van der Waals surface area contributed by atoms with Crippen molar-refractivity contribution in [3.8, 4) is 11.8 Å². The van der Waals surface area contributed by atoms with Gasteiger partial charge < -0.3 is 20.5 Å². The number of anilines is 1. The van der Waals surface area contributed by atoms with Gasteiger partial charge in [-0.3, -0.25) is 4.79 Å². The van der Waals surface area contributed by atoms with Gasteiger partial charge in [0.1, 0.15) is 17.5 Å². The summed E-state index contributed by atoms with van der Waals surface area (Å²) in [5, 5.41) is 22.5. The molecule has 0 aliphatic carbocycles. The SMILES string of the molecule is COc1cccc(C#N)c1NC(=O)NCCCC(=O)O. The Bertz CT molecular complexity index is 537. The summed E-state index contributed by atoms with van der Waals surface area (Å²) in [4.78, 5) is 22.0. The minimum Gasteiger partial charge on any atom is -0.495 e. The molecule has 0 spiro atoms. The van der Waals surface area contributed by atoms with Crippen molar-refractivity contribution < 1.29 is 19.4 Å². The number of nitrogens with one attached hydrogen (secondary N) is 2. The van der Waals surface area contributed by atoms with Gasteiger partial charge in [-0.05, 0) is 18.6 Å². The molecular formula is C13H15N3O4. The van der Waals surface area contributed by atoms with E-state index in [9.17, 15) is 9.59 Å². The van der Waals surface area contributed by atoms with Crippen molar-refractivity contribution in [1.82, 2.24) is 5.32 Å². The maximum Gasteiger partial charge on any atom is 0.319 e. The number of nitrogens with zero attached hydrogens (tertiary/aromatic N) is 1. The molecule has 0 fully saturated rings. The second-order valence-corrected chi connectivity index (χ2v) is 3.87. The number of urea groups is 1. The number of hydrogen-bond donors (Lipinski definition) is 3. The first-order valence-electron chi connectivity index (χ1n) is 5.92. The molecule has 3 N–H and O–H groups in total. The van der Waals surface area contributed by atoms with Crippen LogP contribution in [-0.4, -0.2) is 30.8 Å². The number of nitriles is 1. The molecule has 0 bridgehead atoms. The fourth-order valence-corrected chi connectivity index (χ4v) is 1.52. The first-order valence-corrected chi connectivity index (χ1v) is 5.92. The van der Waals surface area contributed by atoms with Gasteiger partial charge in [-0.15, -0.1) is 0 Å². The highest BCUT2D eigenvalue weighted by Crippen LogP contribution is 2.27. The highest BCUT2D eigenvalue weighted by molar-refractivity contribution is 5.92. The van der Waals surface area contributed by atoms with E-state index in [1.165, 1.54) is 7.11 Å². The number of carbonyl (C=O) groups is 2. The summed E-state index contributed by atoms with van der Waals surface area (Å²) >= 11 is 0. The van der Waals surface area contributed by atoms with Crippen molar-refractivity contribution in [3.05, 3.63) is 23.8 Å². The minimum atomic E-state index is -0.913. The summed E-state index contributed by atoms with van der Waals surface area (Å²) in [6, 6.07) is 6.27. The van der Waals surface area contributed by atoms with Gasteiger partial charge in [0.25, 0.3) is 0 Å². The lowest BCUT2D eigenvalue weighted by Crippen LogP contribution is -2.30. The number of amides is 2. The standard InChI is InChI=1S/C13H15N3O4/c1-20-10-5-2-4-9(8-14)12(10)16-13(19)15-7-3-6-11(17)18/h2,4-5H,3,6-7H2,1H3,(H,17,18)(H2,15,16,19). The normalized spacial score (nSPS) is 9.40. The predicted molar refractivity (Wildman–Crippen MR) is 71.6 cm³/mol. The van der Waals surface area contributed by atoms with Crippen LogP contribution in [0.5, 0.6) is 5.75 Å². The number of methoxy groups -OCH3 is 1. The second kappa shape index (κ2) is 7.63. The van der Waals surface area contributed by atoms with E-state index in [0.717, 1.165) is 0 Å². The molecule has 0 aromatic heterocycles. The van der Waals surface area contributed by atoms with Crippen molar-refractivity contribution in [2.75, 3.05) is 19.0 Å². The van der Waals surface area contributed by atoms with Crippen LogP contribution in [-0.2, 0) is 4.79 Å². The molecular weight excluding hydrogens is 262 g/mol. The highest BCUT2D eigenvalue weighted by atomic mass is 16.5. The number of rotatable bonds is 6. The van der Waals surface area contributed by atoms with E-state index in [1.54, 1.807) is 18.2 Å². The van der Waals surface area contributed by atoms with Gasteiger partial charge in [-0.2, -0.15) is 5.26 Å². The van der Waals surface area contributed by atoms with E-state index < -0.39 is 12.0 Å². The molecule has 20 heavy (non-hydrogen) atoms. The van der Waals surface area contributed by atoms with Crippen molar-refractivity contribution in [3.63, 3.8) is 0 Å². The van der Waals surface area contributed by atoms with E-state index in [-0.39, 0.29) is 24.2 Å². The highest BCUT2D eigenvalue weighted by Gasteiger charge is 2.11. The Hall–Kier alpha value is -2.75. The molecule has 2 amide bonds. The van der Waals surface area contributed by atoms with E-state index in [1.807, 2.05) is 6.07 Å². The summed E-state index contributed by atoms with van der Waals surface area (Å²) in [5.74, 6) is -0.534. The zero-order valence-electron chi connectivity index (χ0n) is 11.0. The fraction of sp³-hybridized carbons (Fsp3) is 0.308. The van der Waals surface area contributed by atoms with E-state index in [4.69, 9.17) is 15.1 Å². The zero-order valence-corrected chi connectivity index (χ0v) is 11.0. The molecule has 0 saturated heterocycles. The van der Waals surface area contributed by atoms with Crippen LogP contribution in [0.1, 0.15) is 18.4 Å². The van der Waals surface area contributed by atoms with Crippen LogP contribution in [0.2, 0.25) is 0 Å². The Balaban J connectivity index is 2.62. The van der Waals surface area contributed by atoms with Crippen molar-refractivity contribution in [2.45, 2.75) is 12.8 Å². The number of para-hydroxylation sites is 1.